The van der Waals surface area contributed by atoms with Crippen LogP contribution < -0.4 is 13.6 Å². The van der Waals surface area contributed by atoms with E-state index in [2.05, 4.69) is 4.72 Å². The van der Waals surface area contributed by atoms with E-state index in [0.717, 1.165) is 0 Å². The highest BCUT2D eigenvalue weighted by atomic mass is 32.2. The van der Waals surface area contributed by atoms with E-state index in [0.29, 0.717) is 5.56 Å². The maximum absolute atomic E-state index is 11.7. The Bertz CT molecular complexity index is 703. The van der Waals surface area contributed by atoms with Crippen molar-refractivity contribution < 1.29 is 26.9 Å². The SMILES string of the molecule is CC(C)(C)OC(=O)Oc1ccc2c(c1)OS(=O)(=O)NC2(C)C. The molecule has 0 bridgehead atoms. The van der Waals surface area contributed by atoms with Gasteiger partial charge in [0.1, 0.15) is 11.4 Å². The predicted molar refractivity (Wildman–Crippen MR) is 79.0 cm³/mol. The summed E-state index contributed by atoms with van der Waals surface area (Å²) in [6.07, 6.45) is -0.872. The molecule has 1 aromatic rings. The van der Waals surface area contributed by atoms with Gasteiger partial charge in [0.15, 0.2) is 5.75 Å². The molecule has 0 atom stereocenters. The van der Waals surface area contributed by atoms with Crippen LogP contribution in [0.2, 0.25) is 0 Å². The van der Waals surface area contributed by atoms with Gasteiger partial charge in [0, 0.05) is 11.6 Å². The van der Waals surface area contributed by atoms with Gasteiger partial charge < -0.3 is 13.7 Å². The molecular formula is C14H19NO6S. The number of fused-ring (bicyclic) bond motifs is 1. The number of hydrogen-bond acceptors (Lipinski definition) is 6. The zero-order valence-corrected chi connectivity index (χ0v) is 13.9. The summed E-state index contributed by atoms with van der Waals surface area (Å²) in [6, 6.07) is 4.53. The molecule has 0 fully saturated rings. The third kappa shape index (κ3) is 3.89. The lowest BCUT2D eigenvalue weighted by atomic mass is 9.94. The second kappa shape index (κ2) is 5.13. The van der Waals surface area contributed by atoms with Gasteiger partial charge in [0.25, 0.3) is 0 Å². The zero-order chi connectivity index (χ0) is 16.8. The molecule has 122 valence electrons. The highest BCUT2D eigenvalue weighted by molar-refractivity contribution is 7.85. The molecule has 8 heteroatoms. The van der Waals surface area contributed by atoms with Crippen LogP contribution in [0.5, 0.6) is 11.5 Å². The standard InChI is InChI=1S/C14H19NO6S/c1-13(2,3)20-12(16)19-9-6-7-10-11(8-9)21-22(17,18)15-14(10,4)5/h6-8,15H,1-5H3. The van der Waals surface area contributed by atoms with Crippen molar-refractivity contribution in [2.75, 3.05) is 0 Å². The lowest BCUT2D eigenvalue weighted by molar-refractivity contribution is 0.0206. The molecule has 0 saturated carbocycles. The third-order valence-electron chi connectivity index (χ3n) is 2.80. The van der Waals surface area contributed by atoms with Crippen molar-refractivity contribution in [3.05, 3.63) is 23.8 Å². The molecule has 1 heterocycles. The van der Waals surface area contributed by atoms with E-state index in [4.69, 9.17) is 13.7 Å². The minimum Gasteiger partial charge on any atom is -0.428 e. The molecule has 0 aromatic heterocycles. The van der Waals surface area contributed by atoms with E-state index in [1.807, 2.05) is 0 Å². The number of ether oxygens (including phenoxy) is 2. The van der Waals surface area contributed by atoms with Gasteiger partial charge in [-0.1, -0.05) is 0 Å². The predicted octanol–water partition coefficient (Wildman–Crippen LogP) is 2.46. The molecule has 0 aliphatic carbocycles. The monoisotopic (exact) mass is 329 g/mol. The third-order valence-corrected chi connectivity index (χ3v) is 3.96. The van der Waals surface area contributed by atoms with Crippen LogP contribution in [0.4, 0.5) is 4.79 Å². The van der Waals surface area contributed by atoms with Crippen LogP contribution in [0.15, 0.2) is 18.2 Å². The smallest absolute Gasteiger partial charge is 0.428 e. The van der Waals surface area contributed by atoms with E-state index >= 15 is 0 Å². The van der Waals surface area contributed by atoms with Crippen molar-refractivity contribution in [2.24, 2.45) is 0 Å². The molecule has 7 nitrogen and oxygen atoms in total. The second-order valence-corrected chi connectivity index (χ2v) is 7.77. The molecule has 1 aromatic carbocycles. The number of rotatable bonds is 1. The Balaban J connectivity index is 2.27. The van der Waals surface area contributed by atoms with Crippen LogP contribution in [0.1, 0.15) is 40.2 Å². The zero-order valence-electron chi connectivity index (χ0n) is 13.1. The first kappa shape index (κ1) is 16.6. The van der Waals surface area contributed by atoms with Crippen molar-refractivity contribution >= 4 is 16.5 Å². The van der Waals surface area contributed by atoms with Crippen LogP contribution in [-0.2, 0) is 20.6 Å². The van der Waals surface area contributed by atoms with Crippen LogP contribution >= 0.6 is 0 Å². The fourth-order valence-corrected chi connectivity index (χ4v) is 3.18. The topological polar surface area (TPSA) is 90.9 Å². The molecule has 1 aliphatic rings. The normalized spacial score (nSPS) is 18.8. The summed E-state index contributed by atoms with van der Waals surface area (Å²) in [5, 5.41) is 0. The van der Waals surface area contributed by atoms with Gasteiger partial charge >= 0.3 is 16.5 Å². The van der Waals surface area contributed by atoms with Gasteiger partial charge in [-0.15, -0.1) is 0 Å². The highest BCUT2D eigenvalue weighted by Crippen LogP contribution is 2.37. The Labute approximate surface area is 129 Å². The quantitative estimate of drug-likeness (QED) is 0.628. The van der Waals surface area contributed by atoms with Crippen LogP contribution in [0.3, 0.4) is 0 Å². The maximum Gasteiger partial charge on any atom is 0.514 e. The minimum atomic E-state index is -3.90. The molecule has 0 saturated heterocycles. The van der Waals surface area contributed by atoms with Gasteiger partial charge in [-0.25, -0.2) is 4.79 Å². The van der Waals surface area contributed by atoms with E-state index in [1.165, 1.54) is 6.07 Å². The summed E-state index contributed by atoms with van der Waals surface area (Å²) < 4.78 is 40.7. The lowest BCUT2D eigenvalue weighted by Gasteiger charge is -2.32. The van der Waals surface area contributed by atoms with E-state index in [-0.39, 0.29) is 11.5 Å². The highest BCUT2D eigenvalue weighted by Gasteiger charge is 2.36. The molecule has 0 radical (unpaired) electrons. The number of hydrogen-bond donors (Lipinski definition) is 1. The molecule has 0 amide bonds. The summed E-state index contributed by atoms with van der Waals surface area (Å²) in [7, 11) is -3.90. The summed E-state index contributed by atoms with van der Waals surface area (Å²) in [4.78, 5) is 11.6. The van der Waals surface area contributed by atoms with Gasteiger partial charge in [0.2, 0.25) is 0 Å². The first-order valence-electron chi connectivity index (χ1n) is 6.67. The van der Waals surface area contributed by atoms with Crippen LogP contribution in [0.25, 0.3) is 0 Å². The van der Waals surface area contributed by atoms with Crippen LogP contribution in [0, 0.1) is 0 Å². The Kier molecular flexibility index (Phi) is 3.87. The van der Waals surface area contributed by atoms with Crippen molar-refractivity contribution in [2.45, 2.75) is 45.8 Å². The van der Waals surface area contributed by atoms with Gasteiger partial charge in [-0.2, -0.15) is 13.1 Å². The Hall–Kier alpha value is -1.80. The van der Waals surface area contributed by atoms with E-state index in [9.17, 15) is 13.2 Å². The van der Waals surface area contributed by atoms with Crippen molar-refractivity contribution in [1.29, 1.82) is 0 Å². The molecule has 0 spiro atoms. The molecule has 1 N–H and O–H groups in total. The van der Waals surface area contributed by atoms with Gasteiger partial charge in [-0.05, 0) is 46.8 Å². The second-order valence-electron chi connectivity index (χ2n) is 6.49. The van der Waals surface area contributed by atoms with E-state index in [1.54, 1.807) is 46.8 Å². The minimum absolute atomic E-state index is 0.116. The molecule has 2 rings (SSSR count). The molecule has 22 heavy (non-hydrogen) atoms. The number of carbonyl (C=O) groups is 1. The van der Waals surface area contributed by atoms with Crippen molar-refractivity contribution in [3.63, 3.8) is 0 Å². The largest absolute Gasteiger partial charge is 0.514 e. The lowest BCUT2D eigenvalue weighted by Crippen LogP contribution is -2.46. The van der Waals surface area contributed by atoms with Gasteiger partial charge in [-0.3, -0.25) is 0 Å². The summed E-state index contributed by atoms with van der Waals surface area (Å²) in [5.74, 6) is 0.255. The Morgan fingerprint density at radius 2 is 1.91 bits per heavy atom. The fourth-order valence-electron chi connectivity index (χ4n) is 2.02. The van der Waals surface area contributed by atoms with Crippen LogP contribution in [-0.4, -0.2) is 20.2 Å². The Morgan fingerprint density at radius 1 is 1.27 bits per heavy atom. The summed E-state index contributed by atoms with van der Waals surface area (Å²) in [6.45, 7) is 8.56. The Morgan fingerprint density at radius 3 is 2.50 bits per heavy atom. The summed E-state index contributed by atoms with van der Waals surface area (Å²) >= 11 is 0. The number of benzene rings is 1. The molecule has 0 unspecified atom stereocenters. The first-order chi connectivity index (χ1) is 9.88. The van der Waals surface area contributed by atoms with Crippen molar-refractivity contribution in [1.82, 2.24) is 4.72 Å². The maximum atomic E-state index is 11.7. The number of nitrogens with one attached hydrogen (secondary N) is 1. The molecular weight excluding hydrogens is 310 g/mol. The molecule has 1 aliphatic heterocycles. The fraction of sp³-hybridized carbons (Fsp3) is 0.500. The average Bonchev–Trinajstić information content (AvgIpc) is 2.21. The van der Waals surface area contributed by atoms with Gasteiger partial charge in [0.05, 0.1) is 5.54 Å². The summed E-state index contributed by atoms with van der Waals surface area (Å²) in [5.41, 5.74) is -0.868. The first-order valence-corrected chi connectivity index (χ1v) is 8.08. The number of carbonyl (C=O) groups excluding carboxylic acids is 1. The average molecular weight is 329 g/mol. The van der Waals surface area contributed by atoms with E-state index < -0.39 is 27.6 Å². The van der Waals surface area contributed by atoms with Crippen molar-refractivity contribution in [3.8, 4) is 11.5 Å².